The summed E-state index contributed by atoms with van der Waals surface area (Å²) in [5, 5.41) is 11.6. The summed E-state index contributed by atoms with van der Waals surface area (Å²) in [6, 6.07) is 6.35. The monoisotopic (exact) mass is 385 g/mol. The van der Waals surface area contributed by atoms with Gasteiger partial charge in [0.25, 0.3) is 0 Å². The molecule has 0 aliphatic rings. The molecule has 0 radical (unpaired) electrons. The third-order valence-corrected chi connectivity index (χ3v) is 5.15. The molecule has 1 aromatic carbocycles. The maximum atomic E-state index is 12.1. The van der Waals surface area contributed by atoms with Crippen molar-refractivity contribution >= 4 is 22.0 Å². The van der Waals surface area contributed by atoms with Crippen molar-refractivity contribution in [1.82, 2.24) is 14.9 Å². The Morgan fingerprint density at radius 3 is 2.27 bits per heavy atom. The van der Waals surface area contributed by atoms with Gasteiger partial charge in [-0.2, -0.15) is 0 Å². The highest BCUT2D eigenvalue weighted by Crippen LogP contribution is 2.12. The van der Waals surface area contributed by atoms with Crippen LogP contribution in [0.3, 0.4) is 0 Å². The normalized spacial score (nSPS) is 12.7. The molecule has 1 rings (SSSR count). The first kappa shape index (κ1) is 21.9. The van der Waals surface area contributed by atoms with Crippen LogP contribution in [0.5, 0.6) is 0 Å². The second-order valence-electron chi connectivity index (χ2n) is 6.58. The number of sulfonamides is 1. The number of carbonyl (C=O) groups is 2. The van der Waals surface area contributed by atoms with Gasteiger partial charge in [-0.1, -0.05) is 31.2 Å². The van der Waals surface area contributed by atoms with Crippen LogP contribution in [0.2, 0.25) is 0 Å². The highest BCUT2D eigenvalue weighted by molar-refractivity contribution is 7.88. The molecule has 1 atom stereocenters. The summed E-state index contributed by atoms with van der Waals surface area (Å²) in [4.78, 5) is 24.3. The number of carboxylic acids is 1. The Labute approximate surface area is 154 Å². The van der Waals surface area contributed by atoms with Gasteiger partial charge in [-0.05, 0) is 25.0 Å². The van der Waals surface area contributed by atoms with Crippen LogP contribution in [0.1, 0.15) is 31.9 Å². The van der Waals surface area contributed by atoms with Gasteiger partial charge in [0.15, 0.2) is 0 Å². The van der Waals surface area contributed by atoms with E-state index in [1.54, 1.807) is 38.1 Å². The van der Waals surface area contributed by atoms with Crippen molar-refractivity contribution in [1.29, 1.82) is 0 Å². The Morgan fingerprint density at radius 1 is 1.15 bits per heavy atom. The average Bonchev–Trinajstić information content (AvgIpc) is 2.51. The minimum absolute atomic E-state index is 0.0789. The van der Waals surface area contributed by atoms with Crippen LogP contribution in [-0.4, -0.2) is 50.1 Å². The molecule has 26 heavy (non-hydrogen) atoms. The number of amides is 2. The van der Waals surface area contributed by atoms with Gasteiger partial charge in [0.05, 0.1) is 11.7 Å². The van der Waals surface area contributed by atoms with Crippen LogP contribution < -0.4 is 10.0 Å². The Balaban J connectivity index is 2.74. The fourth-order valence-corrected chi connectivity index (χ4v) is 3.85. The van der Waals surface area contributed by atoms with E-state index < -0.39 is 27.9 Å². The van der Waals surface area contributed by atoms with Gasteiger partial charge in [-0.25, -0.2) is 17.9 Å². The molecule has 1 aromatic rings. The van der Waals surface area contributed by atoms with Gasteiger partial charge in [-0.3, -0.25) is 4.79 Å². The second kappa shape index (κ2) is 9.54. The van der Waals surface area contributed by atoms with Gasteiger partial charge in [0.2, 0.25) is 10.0 Å². The predicted octanol–water partition coefficient (Wildman–Crippen LogP) is 1.38. The first-order valence-corrected chi connectivity index (χ1v) is 9.95. The molecule has 2 amide bonds. The van der Waals surface area contributed by atoms with E-state index >= 15 is 0 Å². The topological polar surface area (TPSA) is 116 Å². The minimum atomic E-state index is -3.48. The van der Waals surface area contributed by atoms with Gasteiger partial charge in [0.1, 0.15) is 0 Å². The van der Waals surface area contributed by atoms with Gasteiger partial charge >= 0.3 is 12.0 Å². The van der Waals surface area contributed by atoms with Crippen molar-refractivity contribution in [2.24, 2.45) is 5.92 Å². The van der Waals surface area contributed by atoms with Gasteiger partial charge in [0, 0.05) is 26.2 Å². The second-order valence-corrected chi connectivity index (χ2v) is 8.33. The summed E-state index contributed by atoms with van der Waals surface area (Å²) < 4.78 is 26.8. The highest BCUT2D eigenvalue weighted by atomic mass is 32.2. The SMILES string of the molecule is CC(C)NS(=O)(=O)Cc1ccccc1CNC(=O)N(C)CC(C)C(=O)O. The lowest BCUT2D eigenvalue weighted by molar-refractivity contribution is -0.141. The van der Waals surface area contributed by atoms with E-state index in [9.17, 15) is 18.0 Å². The van der Waals surface area contributed by atoms with Crippen molar-refractivity contribution < 1.29 is 23.1 Å². The summed E-state index contributed by atoms with van der Waals surface area (Å²) in [5.41, 5.74) is 1.29. The number of carbonyl (C=O) groups excluding carboxylic acids is 1. The molecule has 0 bridgehead atoms. The molecule has 0 aliphatic carbocycles. The molecule has 3 N–H and O–H groups in total. The number of benzene rings is 1. The van der Waals surface area contributed by atoms with E-state index in [-0.39, 0.29) is 24.9 Å². The third kappa shape index (κ3) is 7.40. The molecule has 9 heteroatoms. The summed E-state index contributed by atoms with van der Waals surface area (Å²) in [7, 11) is -1.96. The fraction of sp³-hybridized carbons (Fsp3) is 0.529. The van der Waals surface area contributed by atoms with E-state index in [4.69, 9.17) is 5.11 Å². The Kier molecular flexibility index (Phi) is 8.04. The van der Waals surface area contributed by atoms with Crippen LogP contribution in [-0.2, 0) is 27.1 Å². The summed E-state index contributed by atoms with van der Waals surface area (Å²) >= 11 is 0. The van der Waals surface area contributed by atoms with E-state index in [1.807, 2.05) is 0 Å². The smallest absolute Gasteiger partial charge is 0.317 e. The van der Waals surface area contributed by atoms with E-state index in [0.29, 0.717) is 11.1 Å². The molecule has 146 valence electrons. The Morgan fingerprint density at radius 2 is 1.73 bits per heavy atom. The predicted molar refractivity (Wildman–Crippen MR) is 99.0 cm³/mol. The Hall–Kier alpha value is -2.13. The van der Waals surface area contributed by atoms with Crippen molar-refractivity contribution in [2.45, 2.75) is 39.1 Å². The molecular weight excluding hydrogens is 358 g/mol. The van der Waals surface area contributed by atoms with Crippen molar-refractivity contribution in [2.75, 3.05) is 13.6 Å². The van der Waals surface area contributed by atoms with Gasteiger partial charge < -0.3 is 15.3 Å². The molecule has 1 unspecified atom stereocenters. The highest BCUT2D eigenvalue weighted by Gasteiger charge is 2.18. The molecule has 0 aliphatic heterocycles. The maximum Gasteiger partial charge on any atom is 0.317 e. The lowest BCUT2D eigenvalue weighted by Gasteiger charge is -2.20. The van der Waals surface area contributed by atoms with Crippen LogP contribution in [0.4, 0.5) is 4.79 Å². The molecule has 0 spiro atoms. The van der Waals surface area contributed by atoms with Crippen LogP contribution in [0.15, 0.2) is 24.3 Å². The standard InChI is InChI=1S/C17H27N3O5S/c1-12(2)19-26(24,25)11-15-8-6-5-7-14(15)9-18-17(23)20(4)10-13(3)16(21)22/h5-8,12-13,19H,9-11H2,1-4H3,(H,18,23)(H,21,22). The molecule has 8 nitrogen and oxygen atoms in total. The fourth-order valence-electron chi connectivity index (χ4n) is 2.35. The number of carboxylic acid groups (broad SMARTS) is 1. The first-order valence-electron chi connectivity index (χ1n) is 8.30. The first-order chi connectivity index (χ1) is 12.0. The molecule has 0 fully saturated rings. The molecule has 0 aromatic heterocycles. The van der Waals surface area contributed by atoms with Crippen LogP contribution in [0.25, 0.3) is 0 Å². The van der Waals surface area contributed by atoms with Crippen molar-refractivity contribution in [3.8, 4) is 0 Å². The van der Waals surface area contributed by atoms with Crippen LogP contribution >= 0.6 is 0 Å². The average molecular weight is 385 g/mol. The quantitative estimate of drug-likeness (QED) is 0.594. The molecular formula is C17H27N3O5S. The number of rotatable bonds is 9. The molecule has 0 saturated carbocycles. The lowest BCUT2D eigenvalue weighted by atomic mass is 10.1. The van der Waals surface area contributed by atoms with E-state index in [1.165, 1.54) is 18.9 Å². The maximum absolute atomic E-state index is 12.1. The largest absolute Gasteiger partial charge is 0.481 e. The van der Waals surface area contributed by atoms with Crippen molar-refractivity contribution in [3.05, 3.63) is 35.4 Å². The van der Waals surface area contributed by atoms with Gasteiger partial charge in [-0.15, -0.1) is 0 Å². The number of nitrogens with zero attached hydrogens (tertiary/aromatic N) is 1. The number of urea groups is 1. The summed E-state index contributed by atoms with van der Waals surface area (Å²) in [6.45, 7) is 5.25. The zero-order valence-corrected chi connectivity index (χ0v) is 16.3. The summed E-state index contributed by atoms with van der Waals surface area (Å²) in [6.07, 6.45) is 0. The van der Waals surface area contributed by atoms with E-state index in [0.717, 1.165) is 0 Å². The van der Waals surface area contributed by atoms with Crippen LogP contribution in [0, 0.1) is 5.92 Å². The third-order valence-electron chi connectivity index (χ3n) is 3.63. The molecule has 0 heterocycles. The zero-order valence-electron chi connectivity index (χ0n) is 15.5. The number of hydrogen-bond acceptors (Lipinski definition) is 4. The number of aliphatic carboxylic acids is 1. The number of hydrogen-bond donors (Lipinski definition) is 3. The molecule has 0 saturated heterocycles. The lowest BCUT2D eigenvalue weighted by Crippen LogP contribution is -2.40. The van der Waals surface area contributed by atoms with E-state index in [2.05, 4.69) is 10.0 Å². The van der Waals surface area contributed by atoms with Crippen molar-refractivity contribution in [3.63, 3.8) is 0 Å². The summed E-state index contributed by atoms with van der Waals surface area (Å²) in [5.74, 6) is -1.83. The zero-order chi connectivity index (χ0) is 19.9. The Bertz CT molecular complexity index is 734. The minimum Gasteiger partial charge on any atom is -0.481 e. The number of nitrogens with one attached hydrogen (secondary N) is 2.